The van der Waals surface area contributed by atoms with Gasteiger partial charge in [0.05, 0.1) is 23.9 Å². The highest BCUT2D eigenvalue weighted by Crippen LogP contribution is 2.42. The molecule has 216 valence electrons. The second-order valence-corrected chi connectivity index (χ2v) is 10.6. The summed E-state index contributed by atoms with van der Waals surface area (Å²) in [5.74, 6) is 0.0228. The topological polar surface area (TPSA) is 115 Å². The molecule has 6 rings (SSSR count). The number of aromatic nitrogens is 4. The number of nitrogens with zero attached hydrogens (tertiary/aromatic N) is 6. The molecule has 5 heterocycles. The van der Waals surface area contributed by atoms with Crippen molar-refractivity contribution in [3.8, 4) is 17.3 Å². The number of urea groups is 1. The number of ether oxygens (including phenoxy) is 3. The lowest BCUT2D eigenvalue weighted by molar-refractivity contribution is -0.141. The highest BCUT2D eigenvalue weighted by Gasteiger charge is 2.42. The van der Waals surface area contributed by atoms with Crippen LogP contribution in [0.25, 0.3) is 11.4 Å². The van der Waals surface area contributed by atoms with E-state index in [0.29, 0.717) is 43.3 Å². The number of benzene rings is 1. The number of nitrogens with one attached hydrogen (secondary N) is 1. The van der Waals surface area contributed by atoms with Crippen LogP contribution >= 0.6 is 0 Å². The summed E-state index contributed by atoms with van der Waals surface area (Å²) in [5, 5.41) is 2.73. The number of anilines is 3. The van der Waals surface area contributed by atoms with E-state index in [1.165, 1.54) is 23.2 Å². The van der Waals surface area contributed by atoms with Crippen LogP contribution in [-0.4, -0.2) is 70.2 Å². The minimum Gasteiger partial charge on any atom is -0.475 e. The Morgan fingerprint density at radius 1 is 1.22 bits per heavy atom. The van der Waals surface area contributed by atoms with E-state index in [0.717, 1.165) is 12.1 Å². The molecule has 1 aromatic carbocycles. The molecule has 3 aliphatic heterocycles. The van der Waals surface area contributed by atoms with Crippen molar-refractivity contribution in [3.63, 3.8) is 0 Å². The van der Waals surface area contributed by atoms with Gasteiger partial charge in [-0.05, 0) is 39.3 Å². The second kappa shape index (κ2) is 10.1. The second-order valence-electron chi connectivity index (χ2n) is 10.6. The molecule has 3 aliphatic rings. The maximum atomic E-state index is 13.6. The number of rotatable bonds is 5. The Hall–Kier alpha value is -4.04. The Kier molecular flexibility index (Phi) is 6.69. The van der Waals surface area contributed by atoms with Crippen molar-refractivity contribution in [3.05, 3.63) is 47.8 Å². The number of fused-ring (bicyclic) bond motifs is 4. The SMILES string of the molecule is Cc1nc(-c2cccc(C(F)(F)F)c2)nc2c1N1CC[C@@H](C1)N2C(=O)Nc1nccc(OC[C@@H]2COC(C)(C)O2)n1. The Labute approximate surface area is 233 Å². The highest BCUT2D eigenvalue weighted by molar-refractivity contribution is 6.04. The molecule has 2 amide bonds. The van der Waals surface area contributed by atoms with Gasteiger partial charge in [0.2, 0.25) is 11.8 Å². The van der Waals surface area contributed by atoms with Crippen molar-refractivity contribution in [1.29, 1.82) is 0 Å². The van der Waals surface area contributed by atoms with Crippen molar-refractivity contribution in [2.75, 3.05) is 41.4 Å². The predicted octanol–water partition coefficient (Wildman–Crippen LogP) is 4.42. The summed E-state index contributed by atoms with van der Waals surface area (Å²) >= 11 is 0. The number of amides is 2. The molecule has 0 unspecified atom stereocenters. The molecule has 0 radical (unpaired) electrons. The Balaban J connectivity index is 1.25. The lowest BCUT2D eigenvalue weighted by Crippen LogP contribution is -2.48. The van der Waals surface area contributed by atoms with Gasteiger partial charge in [0.15, 0.2) is 17.4 Å². The van der Waals surface area contributed by atoms with Gasteiger partial charge >= 0.3 is 12.2 Å². The fraction of sp³-hybridized carbons (Fsp3) is 0.444. The molecule has 0 aliphatic carbocycles. The van der Waals surface area contributed by atoms with Crippen molar-refractivity contribution in [2.24, 2.45) is 0 Å². The summed E-state index contributed by atoms with van der Waals surface area (Å²) in [6.07, 6.45) is -2.62. The monoisotopic (exact) mass is 571 g/mol. The Morgan fingerprint density at radius 3 is 2.80 bits per heavy atom. The minimum atomic E-state index is -4.51. The third kappa shape index (κ3) is 5.48. The predicted molar refractivity (Wildman–Crippen MR) is 142 cm³/mol. The summed E-state index contributed by atoms with van der Waals surface area (Å²) < 4.78 is 57.1. The van der Waals surface area contributed by atoms with Crippen molar-refractivity contribution < 1.29 is 32.2 Å². The van der Waals surface area contributed by atoms with Crippen LogP contribution in [0.4, 0.5) is 35.4 Å². The van der Waals surface area contributed by atoms with Crippen LogP contribution < -0.4 is 19.9 Å². The van der Waals surface area contributed by atoms with Crippen LogP contribution in [0.5, 0.6) is 5.88 Å². The number of hydrogen-bond donors (Lipinski definition) is 1. The average molecular weight is 572 g/mol. The summed E-state index contributed by atoms with van der Waals surface area (Å²) in [4.78, 5) is 34.8. The molecule has 2 fully saturated rings. The summed E-state index contributed by atoms with van der Waals surface area (Å²) in [6, 6.07) is 5.68. The summed E-state index contributed by atoms with van der Waals surface area (Å²) in [6.45, 7) is 7.27. The van der Waals surface area contributed by atoms with Gasteiger partial charge in [0, 0.05) is 30.9 Å². The van der Waals surface area contributed by atoms with Gasteiger partial charge in [-0.2, -0.15) is 18.2 Å². The van der Waals surface area contributed by atoms with Gasteiger partial charge in [-0.1, -0.05) is 12.1 Å². The molecule has 1 N–H and O–H groups in total. The first-order valence-electron chi connectivity index (χ1n) is 13.2. The smallest absolute Gasteiger partial charge is 0.416 e. The van der Waals surface area contributed by atoms with E-state index in [1.54, 1.807) is 13.0 Å². The quantitative estimate of drug-likeness (QED) is 0.475. The first-order valence-corrected chi connectivity index (χ1v) is 13.2. The molecule has 11 nitrogen and oxygen atoms in total. The zero-order valence-electron chi connectivity index (χ0n) is 22.6. The first-order chi connectivity index (χ1) is 19.5. The van der Waals surface area contributed by atoms with Crippen LogP contribution in [0.1, 0.15) is 31.5 Å². The molecule has 2 atom stereocenters. The minimum absolute atomic E-state index is 0.0299. The fourth-order valence-corrected chi connectivity index (χ4v) is 5.31. The molecule has 0 spiro atoms. The number of halogens is 3. The molecule has 2 aromatic heterocycles. The van der Waals surface area contributed by atoms with Gasteiger partial charge in [0.1, 0.15) is 18.4 Å². The number of hydrogen-bond acceptors (Lipinski definition) is 9. The van der Waals surface area contributed by atoms with Crippen LogP contribution in [-0.2, 0) is 15.7 Å². The molecular formula is C27H28F3N7O4. The van der Waals surface area contributed by atoms with Crippen LogP contribution in [0.15, 0.2) is 36.5 Å². The van der Waals surface area contributed by atoms with Gasteiger partial charge < -0.3 is 19.1 Å². The number of aryl methyl sites for hydroxylation is 1. The van der Waals surface area contributed by atoms with E-state index in [1.807, 2.05) is 13.8 Å². The molecule has 2 bridgehead atoms. The van der Waals surface area contributed by atoms with E-state index in [-0.39, 0.29) is 42.0 Å². The van der Waals surface area contributed by atoms with E-state index in [9.17, 15) is 18.0 Å². The third-order valence-electron chi connectivity index (χ3n) is 7.11. The standard InChI is InChI=1S/C27H28F3N7O4/c1-15-21-23(34-22(32-15)16-5-4-6-17(11-16)27(28,29)30)37(18-8-10-36(21)12-18)25(38)35-24-31-9-7-20(33-24)39-13-19-14-40-26(2,3)41-19/h4-7,9,11,18-19H,8,10,12-14H2,1-3H3,(H,31,33,35,38)/t18-,19+/m0/s1. The summed E-state index contributed by atoms with van der Waals surface area (Å²) in [5.41, 5.74) is 0.632. The van der Waals surface area contributed by atoms with Gasteiger partial charge in [-0.25, -0.2) is 19.7 Å². The molecule has 2 saturated heterocycles. The van der Waals surface area contributed by atoms with Crippen molar-refractivity contribution in [1.82, 2.24) is 19.9 Å². The maximum absolute atomic E-state index is 13.6. The normalized spacial score (nSPS) is 21.1. The first kappa shape index (κ1) is 27.1. The average Bonchev–Trinajstić information content (AvgIpc) is 3.49. The van der Waals surface area contributed by atoms with E-state index < -0.39 is 23.6 Å². The van der Waals surface area contributed by atoms with Gasteiger partial charge in [-0.15, -0.1) is 0 Å². The van der Waals surface area contributed by atoms with Gasteiger partial charge in [-0.3, -0.25) is 10.2 Å². The fourth-order valence-electron chi connectivity index (χ4n) is 5.31. The molecule has 3 aromatic rings. The summed E-state index contributed by atoms with van der Waals surface area (Å²) in [7, 11) is 0. The largest absolute Gasteiger partial charge is 0.475 e. The van der Waals surface area contributed by atoms with E-state index in [4.69, 9.17) is 14.2 Å². The van der Waals surface area contributed by atoms with E-state index in [2.05, 4.69) is 30.2 Å². The van der Waals surface area contributed by atoms with Crippen molar-refractivity contribution in [2.45, 2.75) is 51.3 Å². The highest BCUT2D eigenvalue weighted by atomic mass is 19.4. The molecule has 14 heteroatoms. The third-order valence-corrected chi connectivity index (χ3v) is 7.11. The van der Waals surface area contributed by atoms with Crippen LogP contribution in [0.3, 0.4) is 0 Å². The van der Waals surface area contributed by atoms with Crippen LogP contribution in [0, 0.1) is 6.92 Å². The number of carbonyl (C=O) groups is 1. The number of carbonyl (C=O) groups excluding carboxylic acids is 1. The molecule has 41 heavy (non-hydrogen) atoms. The zero-order valence-corrected chi connectivity index (χ0v) is 22.6. The molecule has 0 saturated carbocycles. The lowest BCUT2D eigenvalue weighted by Gasteiger charge is -2.36. The Morgan fingerprint density at radius 2 is 2.05 bits per heavy atom. The van der Waals surface area contributed by atoms with Gasteiger partial charge in [0.25, 0.3) is 0 Å². The number of alkyl halides is 3. The zero-order chi connectivity index (χ0) is 28.9. The Bertz CT molecular complexity index is 1490. The van der Waals surface area contributed by atoms with Crippen LogP contribution in [0.2, 0.25) is 0 Å². The van der Waals surface area contributed by atoms with Crippen molar-refractivity contribution >= 4 is 23.5 Å². The molecular weight excluding hydrogens is 543 g/mol. The van der Waals surface area contributed by atoms with E-state index >= 15 is 0 Å². The lowest BCUT2D eigenvalue weighted by atomic mass is 10.1. The maximum Gasteiger partial charge on any atom is 0.416 e.